The van der Waals surface area contributed by atoms with E-state index in [1.54, 1.807) is 31.3 Å². The molecular weight excluding hydrogens is 314 g/mol. The monoisotopic (exact) mass is 337 g/mol. The first kappa shape index (κ1) is 17.8. The Morgan fingerprint density at radius 3 is 2.78 bits per heavy atom. The lowest BCUT2D eigenvalue weighted by Gasteiger charge is -2.23. The molecule has 0 atom stereocenters. The molecule has 2 rings (SSSR count). The molecule has 0 aliphatic carbocycles. The minimum absolute atomic E-state index is 0.0183. The number of benzene rings is 1. The minimum Gasteiger partial charge on any atom is -0.336 e. The number of rotatable bonds is 6. The molecule has 1 heterocycles. The SMILES string of the molecule is CN(CC(=O)Nc1cccc(Cl)c1)C(=O)CCC1CCNCC1. The number of nitrogens with one attached hydrogen (secondary N) is 2. The Morgan fingerprint density at radius 2 is 2.09 bits per heavy atom. The molecule has 0 spiro atoms. The van der Waals surface area contributed by atoms with Crippen LogP contribution in [-0.4, -0.2) is 43.4 Å². The topological polar surface area (TPSA) is 61.4 Å². The van der Waals surface area contributed by atoms with E-state index in [0.717, 1.165) is 32.4 Å². The van der Waals surface area contributed by atoms with Gasteiger partial charge >= 0.3 is 0 Å². The number of carbonyl (C=O) groups is 2. The first-order valence-corrected chi connectivity index (χ1v) is 8.42. The molecule has 1 fully saturated rings. The van der Waals surface area contributed by atoms with Crippen LogP contribution in [-0.2, 0) is 9.59 Å². The molecule has 1 aromatic rings. The number of likely N-dealkylation sites (N-methyl/N-ethyl adjacent to an activating group) is 1. The van der Waals surface area contributed by atoms with Gasteiger partial charge in [0.05, 0.1) is 6.54 Å². The predicted molar refractivity (Wildman–Crippen MR) is 92.5 cm³/mol. The van der Waals surface area contributed by atoms with Gasteiger partial charge in [-0.25, -0.2) is 0 Å². The number of hydrogen-bond donors (Lipinski definition) is 2. The lowest BCUT2D eigenvalue weighted by molar-refractivity contribution is -0.133. The van der Waals surface area contributed by atoms with Crippen LogP contribution in [0.15, 0.2) is 24.3 Å². The van der Waals surface area contributed by atoms with Crippen molar-refractivity contribution in [2.75, 3.05) is 32.0 Å². The van der Waals surface area contributed by atoms with Gasteiger partial charge in [0.15, 0.2) is 0 Å². The van der Waals surface area contributed by atoms with E-state index in [0.29, 0.717) is 23.0 Å². The Kier molecular flexibility index (Phi) is 6.86. The normalized spacial score (nSPS) is 15.2. The highest BCUT2D eigenvalue weighted by molar-refractivity contribution is 6.30. The zero-order valence-corrected chi connectivity index (χ0v) is 14.2. The summed E-state index contributed by atoms with van der Waals surface area (Å²) in [5.41, 5.74) is 0.637. The third-order valence-electron chi connectivity index (χ3n) is 4.14. The molecular formula is C17H24ClN3O2. The number of nitrogens with zero attached hydrogens (tertiary/aromatic N) is 1. The van der Waals surface area contributed by atoms with E-state index in [2.05, 4.69) is 10.6 Å². The Bertz CT molecular complexity index is 544. The number of piperidine rings is 1. The lowest BCUT2D eigenvalue weighted by atomic mass is 9.93. The highest BCUT2D eigenvalue weighted by Crippen LogP contribution is 2.18. The third-order valence-corrected chi connectivity index (χ3v) is 4.38. The molecule has 0 unspecified atom stereocenters. The van der Waals surface area contributed by atoms with Crippen LogP contribution in [0.1, 0.15) is 25.7 Å². The maximum Gasteiger partial charge on any atom is 0.243 e. The lowest BCUT2D eigenvalue weighted by Crippen LogP contribution is -2.35. The van der Waals surface area contributed by atoms with Gasteiger partial charge < -0.3 is 15.5 Å². The Morgan fingerprint density at radius 1 is 1.35 bits per heavy atom. The number of amides is 2. The molecule has 0 bridgehead atoms. The van der Waals surface area contributed by atoms with Crippen molar-refractivity contribution in [3.63, 3.8) is 0 Å². The molecule has 1 aliphatic heterocycles. The van der Waals surface area contributed by atoms with Crippen LogP contribution in [0.2, 0.25) is 5.02 Å². The van der Waals surface area contributed by atoms with Crippen molar-refractivity contribution in [3.05, 3.63) is 29.3 Å². The van der Waals surface area contributed by atoms with Gasteiger partial charge in [-0.3, -0.25) is 9.59 Å². The summed E-state index contributed by atoms with van der Waals surface area (Å²) < 4.78 is 0. The predicted octanol–water partition coefficient (Wildman–Crippen LogP) is 2.52. The molecule has 0 aromatic heterocycles. The molecule has 126 valence electrons. The third kappa shape index (κ3) is 6.20. The quantitative estimate of drug-likeness (QED) is 0.838. The van der Waals surface area contributed by atoms with E-state index in [9.17, 15) is 9.59 Å². The zero-order chi connectivity index (χ0) is 16.7. The van der Waals surface area contributed by atoms with Crippen molar-refractivity contribution in [2.24, 2.45) is 5.92 Å². The van der Waals surface area contributed by atoms with Crippen molar-refractivity contribution < 1.29 is 9.59 Å². The maximum atomic E-state index is 12.1. The molecule has 5 nitrogen and oxygen atoms in total. The van der Waals surface area contributed by atoms with Crippen molar-refractivity contribution in [1.82, 2.24) is 10.2 Å². The zero-order valence-electron chi connectivity index (χ0n) is 13.5. The van der Waals surface area contributed by atoms with Gasteiger partial charge in [0.2, 0.25) is 11.8 Å². The summed E-state index contributed by atoms with van der Waals surface area (Å²) in [4.78, 5) is 25.6. The van der Waals surface area contributed by atoms with E-state index < -0.39 is 0 Å². The number of anilines is 1. The standard InChI is InChI=1S/C17H24ClN3O2/c1-21(17(23)6-5-13-7-9-19-10-8-13)12-16(22)20-15-4-2-3-14(18)11-15/h2-4,11,13,19H,5-10,12H2,1H3,(H,20,22). The summed E-state index contributed by atoms with van der Waals surface area (Å²) in [7, 11) is 1.67. The highest BCUT2D eigenvalue weighted by atomic mass is 35.5. The van der Waals surface area contributed by atoms with Crippen LogP contribution in [0.5, 0.6) is 0 Å². The second-order valence-electron chi connectivity index (χ2n) is 6.04. The summed E-state index contributed by atoms with van der Waals surface area (Å²) >= 11 is 5.88. The fraction of sp³-hybridized carbons (Fsp3) is 0.529. The molecule has 1 aromatic carbocycles. The van der Waals surface area contributed by atoms with Crippen LogP contribution in [0, 0.1) is 5.92 Å². The largest absolute Gasteiger partial charge is 0.336 e. The molecule has 1 saturated heterocycles. The van der Waals surface area contributed by atoms with Gasteiger partial charge in [0, 0.05) is 24.2 Å². The van der Waals surface area contributed by atoms with Gasteiger partial charge in [-0.2, -0.15) is 0 Å². The van der Waals surface area contributed by atoms with Gasteiger partial charge in [0.25, 0.3) is 0 Å². The van der Waals surface area contributed by atoms with Crippen molar-refractivity contribution in [3.8, 4) is 0 Å². The summed E-state index contributed by atoms with van der Waals surface area (Å²) in [6.45, 7) is 2.13. The summed E-state index contributed by atoms with van der Waals surface area (Å²) in [5.74, 6) is 0.420. The van der Waals surface area contributed by atoms with Crippen LogP contribution in [0.3, 0.4) is 0 Å². The van der Waals surface area contributed by atoms with Gasteiger partial charge in [-0.1, -0.05) is 17.7 Å². The average Bonchev–Trinajstić information content (AvgIpc) is 2.53. The van der Waals surface area contributed by atoms with Crippen molar-refractivity contribution in [1.29, 1.82) is 0 Å². The van der Waals surface area contributed by atoms with E-state index in [-0.39, 0.29) is 18.4 Å². The van der Waals surface area contributed by atoms with Crippen LogP contribution in [0.4, 0.5) is 5.69 Å². The van der Waals surface area contributed by atoms with Gasteiger partial charge in [0.1, 0.15) is 0 Å². The number of hydrogen-bond acceptors (Lipinski definition) is 3. The Balaban J connectivity index is 1.72. The average molecular weight is 338 g/mol. The van der Waals surface area contributed by atoms with E-state index in [1.165, 1.54) is 4.90 Å². The first-order valence-electron chi connectivity index (χ1n) is 8.04. The van der Waals surface area contributed by atoms with Crippen LogP contribution < -0.4 is 10.6 Å². The molecule has 0 radical (unpaired) electrons. The highest BCUT2D eigenvalue weighted by Gasteiger charge is 2.17. The smallest absolute Gasteiger partial charge is 0.243 e. The maximum absolute atomic E-state index is 12.1. The molecule has 6 heteroatoms. The fourth-order valence-corrected chi connectivity index (χ4v) is 2.95. The Labute approximate surface area is 142 Å². The summed E-state index contributed by atoms with van der Waals surface area (Å²) in [6.07, 6.45) is 3.67. The van der Waals surface area contributed by atoms with E-state index in [4.69, 9.17) is 11.6 Å². The number of halogens is 1. The minimum atomic E-state index is -0.218. The van der Waals surface area contributed by atoms with Crippen molar-refractivity contribution >= 4 is 29.1 Å². The second kappa shape index (κ2) is 8.89. The summed E-state index contributed by atoms with van der Waals surface area (Å²) in [6, 6.07) is 6.96. The second-order valence-corrected chi connectivity index (χ2v) is 6.48. The van der Waals surface area contributed by atoms with Crippen LogP contribution in [0.25, 0.3) is 0 Å². The molecule has 1 aliphatic rings. The van der Waals surface area contributed by atoms with Gasteiger partial charge in [-0.05, 0) is 56.5 Å². The van der Waals surface area contributed by atoms with E-state index in [1.807, 2.05) is 0 Å². The van der Waals surface area contributed by atoms with Gasteiger partial charge in [-0.15, -0.1) is 0 Å². The number of carbonyl (C=O) groups excluding carboxylic acids is 2. The van der Waals surface area contributed by atoms with Crippen molar-refractivity contribution in [2.45, 2.75) is 25.7 Å². The molecule has 23 heavy (non-hydrogen) atoms. The molecule has 2 amide bonds. The fourth-order valence-electron chi connectivity index (χ4n) is 2.76. The van der Waals surface area contributed by atoms with Crippen LogP contribution >= 0.6 is 11.6 Å². The molecule has 2 N–H and O–H groups in total. The first-order chi connectivity index (χ1) is 11.0. The Hall–Kier alpha value is -1.59. The molecule has 0 saturated carbocycles. The van der Waals surface area contributed by atoms with E-state index >= 15 is 0 Å². The summed E-state index contributed by atoms with van der Waals surface area (Å²) in [5, 5.41) is 6.63.